The number of amides is 1. The molecule has 2 saturated carbocycles. The lowest BCUT2D eigenvalue weighted by atomic mass is 9.70. The first-order chi connectivity index (χ1) is 17.2. The van der Waals surface area contributed by atoms with Gasteiger partial charge in [0.1, 0.15) is 17.5 Å². The third-order valence-electron chi connectivity index (χ3n) is 9.71. The zero-order valence-electron chi connectivity index (χ0n) is 22.6. The fraction of sp³-hybridized carbons (Fsp3) is 0.607. The maximum atomic E-state index is 13.9. The molecule has 2 aromatic heterocycles. The Balaban J connectivity index is 1.51. The molecule has 1 saturated heterocycles. The van der Waals surface area contributed by atoms with E-state index in [9.17, 15) is 13.2 Å². The molecule has 0 radical (unpaired) electrons. The van der Waals surface area contributed by atoms with Crippen molar-refractivity contribution in [3.63, 3.8) is 0 Å². The minimum atomic E-state index is -4.18. The van der Waals surface area contributed by atoms with Gasteiger partial charge >= 0.3 is 0 Å². The summed E-state index contributed by atoms with van der Waals surface area (Å²) in [4.78, 5) is 23.3. The van der Waals surface area contributed by atoms with Gasteiger partial charge in [-0.15, -0.1) is 0 Å². The maximum Gasteiger partial charge on any atom is 0.253 e. The zero-order chi connectivity index (χ0) is 27.0. The minimum absolute atomic E-state index is 0.00698. The fourth-order valence-electron chi connectivity index (χ4n) is 7.23. The van der Waals surface area contributed by atoms with Crippen LogP contribution in [0.5, 0.6) is 5.88 Å². The van der Waals surface area contributed by atoms with E-state index < -0.39 is 15.7 Å². The molecule has 3 aliphatic rings. The Bertz CT molecular complexity index is 1360. The molecule has 5 rings (SSSR count). The van der Waals surface area contributed by atoms with E-state index >= 15 is 0 Å². The smallest absolute Gasteiger partial charge is 0.253 e. The number of fused-ring (bicyclic) bond motifs is 2. The summed E-state index contributed by atoms with van der Waals surface area (Å²) in [6.07, 6.45) is 5.50. The molecule has 37 heavy (non-hydrogen) atoms. The molecule has 8 nitrogen and oxygen atoms in total. The molecular formula is C28H38N4O4S. The Hall–Kier alpha value is -2.68. The lowest BCUT2D eigenvalue weighted by Gasteiger charge is -2.38. The van der Waals surface area contributed by atoms with E-state index in [0.717, 1.165) is 19.3 Å². The lowest BCUT2D eigenvalue weighted by molar-refractivity contribution is 0.0269. The highest BCUT2D eigenvalue weighted by Crippen LogP contribution is 2.66. The Morgan fingerprint density at radius 2 is 1.89 bits per heavy atom. The van der Waals surface area contributed by atoms with E-state index in [2.05, 4.69) is 51.5 Å². The average Bonchev–Trinajstić information content (AvgIpc) is 3.30. The van der Waals surface area contributed by atoms with E-state index in [1.165, 1.54) is 24.8 Å². The Labute approximate surface area is 219 Å². The maximum absolute atomic E-state index is 13.9. The van der Waals surface area contributed by atoms with Crippen LogP contribution in [-0.2, 0) is 9.84 Å². The van der Waals surface area contributed by atoms with Gasteiger partial charge in [0, 0.05) is 29.8 Å². The van der Waals surface area contributed by atoms with E-state index in [1.54, 1.807) is 12.1 Å². The number of carbonyl (C=O) groups is 1. The molecule has 2 aromatic rings. The van der Waals surface area contributed by atoms with Gasteiger partial charge < -0.3 is 15.4 Å². The first-order valence-electron chi connectivity index (χ1n) is 13.1. The summed E-state index contributed by atoms with van der Waals surface area (Å²) in [5.74, 6) is 0.695. The third kappa shape index (κ3) is 3.92. The number of sulfone groups is 1. The number of ether oxygens (including phenoxy) is 1. The summed E-state index contributed by atoms with van der Waals surface area (Å²) < 4.78 is 34.1. The summed E-state index contributed by atoms with van der Waals surface area (Å²) >= 11 is 0. The molecule has 3 heterocycles. The van der Waals surface area contributed by atoms with Gasteiger partial charge in [-0.1, -0.05) is 33.8 Å². The highest BCUT2D eigenvalue weighted by atomic mass is 32.2. The first-order valence-corrected chi connectivity index (χ1v) is 14.6. The van der Waals surface area contributed by atoms with Crippen molar-refractivity contribution in [1.29, 1.82) is 0 Å². The molecule has 2 N–H and O–H groups in total. The van der Waals surface area contributed by atoms with Crippen molar-refractivity contribution in [2.75, 3.05) is 11.4 Å². The van der Waals surface area contributed by atoms with Crippen molar-refractivity contribution in [1.82, 2.24) is 9.97 Å². The Morgan fingerprint density at radius 1 is 1.16 bits per heavy atom. The Morgan fingerprint density at radius 3 is 2.46 bits per heavy atom. The van der Waals surface area contributed by atoms with Crippen molar-refractivity contribution in [2.45, 2.75) is 88.8 Å². The summed E-state index contributed by atoms with van der Waals surface area (Å²) in [5, 5.41) is -0.175. The Kier molecular flexibility index (Phi) is 5.90. The predicted molar refractivity (Wildman–Crippen MR) is 141 cm³/mol. The van der Waals surface area contributed by atoms with Crippen LogP contribution in [0.2, 0.25) is 0 Å². The van der Waals surface area contributed by atoms with Crippen LogP contribution in [0.3, 0.4) is 0 Å². The molecule has 1 amide bonds. The van der Waals surface area contributed by atoms with E-state index in [-0.39, 0.29) is 43.8 Å². The second-order valence-electron chi connectivity index (χ2n) is 12.6. The standard InChI is InChI=1S/C28H38N4O4S/c1-17-15-26(2,3)32(16-17)25-23(24(29)33)19(11-13-30-25)37(34,35)22-9-7-8-21(31-22)36-20-14-18-10-12-28(20,6)27(18,4)5/h7-9,11,13,17-18,20H,10,12,14-16H2,1-6H3,(H2,29,33). The molecule has 4 atom stereocenters. The molecule has 3 fully saturated rings. The SMILES string of the molecule is CC1CN(c2nccc(S(=O)(=O)c3cccc(OC4CC5CCC4(C)C5(C)C)n3)c2C(N)=O)C(C)(C)C1. The minimum Gasteiger partial charge on any atom is -0.474 e. The lowest BCUT2D eigenvalue weighted by Crippen LogP contribution is -2.40. The zero-order valence-corrected chi connectivity index (χ0v) is 23.4. The number of rotatable bonds is 6. The van der Waals surface area contributed by atoms with Gasteiger partial charge in [-0.25, -0.2) is 18.4 Å². The van der Waals surface area contributed by atoms with Gasteiger partial charge in [-0.05, 0) is 68.9 Å². The van der Waals surface area contributed by atoms with E-state index in [1.807, 2.05) is 4.90 Å². The number of carbonyl (C=O) groups excluding carboxylic acids is 1. The first kappa shape index (κ1) is 25.9. The fourth-order valence-corrected chi connectivity index (χ4v) is 8.63. The quantitative estimate of drug-likeness (QED) is 0.584. The number of hydrogen-bond donors (Lipinski definition) is 1. The number of nitrogens with zero attached hydrogens (tertiary/aromatic N) is 3. The van der Waals surface area contributed by atoms with Crippen LogP contribution in [0.1, 0.15) is 77.6 Å². The molecule has 0 spiro atoms. The highest BCUT2D eigenvalue weighted by molar-refractivity contribution is 7.91. The molecule has 1 aliphatic heterocycles. The van der Waals surface area contributed by atoms with Gasteiger partial charge in [-0.3, -0.25) is 4.79 Å². The highest BCUT2D eigenvalue weighted by Gasteiger charge is 2.62. The number of nitrogens with two attached hydrogens (primary N) is 1. The summed E-state index contributed by atoms with van der Waals surface area (Å²) in [6, 6.07) is 6.09. The third-order valence-corrected chi connectivity index (χ3v) is 11.4. The predicted octanol–water partition coefficient (Wildman–Crippen LogP) is 4.63. The summed E-state index contributed by atoms with van der Waals surface area (Å²) in [6.45, 7) is 13.8. The van der Waals surface area contributed by atoms with Gasteiger partial charge in [-0.2, -0.15) is 0 Å². The molecule has 9 heteroatoms. The average molecular weight is 527 g/mol. The van der Waals surface area contributed by atoms with Crippen LogP contribution in [0, 0.1) is 22.7 Å². The summed E-state index contributed by atoms with van der Waals surface area (Å²) in [7, 11) is -4.18. The number of pyridine rings is 2. The molecule has 0 aromatic carbocycles. The van der Waals surface area contributed by atoms with Crippen molar-refractivity contribution in [3.8, 4) is 5.88 Å². The van der Waals surface area contributed by atoms with E-state index in [4.69, 9.17) is 10.5 Å². The van der Waals surface area contributed by atoms with Crippen molar-refractivity contribution in [2.24, 2.45) is 28.4 Å². The summed E-state index contributed by atoms with van der Waals surface area (Å²) in [5.41, 5.74) is 5.55. The van der Waals surface area contributed by atoms with Crippen LogP contribution in [0.15, 0.2) is 40.4 Å². The molecular weight excluding hydrogens is 488 g/mol. The molecule has 2 aliphatic carbocycles. The van der Waals surface area contributed by atoms with Crippen molar-refractivity contribution in [3.05, 3.63) is 36.0 Å². The number of hydrogen-bond acceptors (Lipinski definition) is 7. The molecule has 200 valence electrons. The second kappa shape index (κ2) is 8.41. The topological polar surface area (TPSA) is 115 Å². The van der Waals surface area contributed by atoms with Crippen molar-refractivity contribution < 1.29 is 17.9 Å². The van der Waals surface area contributed by atoms with Crippen LogP contribution >= 0.6 is 0 Å². The molecule has 2 bridgehead atoms. The monoisotopic (exact) mass is 526 g/mol. The van der Waals surface area contributed by atoms with Crippen molar-refractivity contribution >= 4 is 21.6 Å². The van der Waals surface area contributed by atoms with Gasteiger partial charge in [0.25, 0.3) is 5.91 Å². The van der Waals surface area contributed by atoms with Gasteiger partial charge in [0.2, 0.25) is 15.7 Å². The van der Waals surface area contributed by atoms with Crippen LogP contribution in [0.4, 0.5) is 5.82 Å². The van der Waals surface area contributed by atoms with Gasteiger partial charge in [0.05, 0.1) is 4.90 Å². The number of primary amides is 1. The molecule has 4 unspecified atom stereocenters. The normalized spacial score (nSPS) is 30.0. The second-order valence-corrected chi connectivity index (χ2v) is 14.5. The van der Waals surface area contributed by atoms with Gasteiger partial charge in [0.15, 0.2) is 5.03 Å². The number of aromatic nitrogens is 2. The van der Waals surface area contributed by atoms with Crippen LogP contribution in [-0.4, -0.2) is 42.5 Å². The number of anilines is 1. The van der Waals surface area contributed by atoms with Crippen LogP contribution < -0.4 is 15.4 Å². The largest absolute Gasteiger partial charge is 0.474 e. The van der Waals surface area contributed by atoms with E-state index in [0.29, 0.717) is 24.2 Å². The van der Waals surface area contributed by atoms with Crippen LogP contribution in [0.25, 0.3) is 0 Å².